The number of pyridine rings is 1. The predicted molar refractivity (Wildman–Crippen MR) is 131 cm³/mol. The third kappa shape index (κ3) is 2.36. The highest BCUT2D eigenvalue weighted by molar-refractivity contribution is 6.14. The van der Waals surface area contributed by atoms with Crippen LogP contribution in [0.2, 0.25) is 0 Å². The fourth-order valence-electron chi connectivity index (χ4n) is 4.86. The number of hydrogen-bond donors (Lipinski definition) is 0. The Morgan fingerprint density at radius 2 is 1.19 bits per heavy atom. The Balaban J connectivity index is 1.63. The van der Waals surface area contributed by atoms with Crippen LogP contribution in [0.3, 0.4) is 0 Å². The molecule has 0 spiro atoms. The summed E-state index contributed by atoms with van der Waals surface area (Å²) in [5.74, 6) is 0. The largest absolute Gasteiger partial charge is 0.292 e. The monoisotopic (exact) mass is 394 g/mol. The van der Waals surface area contributed by atoms with Crippen LogP contribution < -0.4 is 0 Å². The lowest BCUT2D eigenvalue weighted by atomic mass is 9.98. The fourth-order valence-corrected chi connectivity index (χ4v) is 4.86. The number of fused-ring (bicyclic) bond motifs is 9. The molecule has 0 atom stereocenters. The second-order valence-electron chi connectivity index (χ2n) is 8.10. The number of nitrogens with zero attached hydrogens (tertiary/aromatic N) is 2. The third-order valence-corrected chi connectivity index (χ3v) is 6.34. The molecule has 5 aromatic carbocycles. The van der Waals surface area contributed by atoms with Crippen LogP contribution in [0.4, 0.5) is 0 Å². The van der Waals surface area contributed by atoms with E-state index in [1.165, 1.54) is 43.6 Å². The number of benzene rings is 5. The first-order chi connectivity index (χ1) is 15.4. The van der Waals surface area contributed by atoms with Gasteiger partial charge in [-0.05, 0) is 51.6 Å². The van der Waals surface area contributed by atoms with Gasteiger partial charge in [0.1, 0.15) is 5.65 Å². The molecule has 0 amide bonds. The molecule has 2 nitrogen and oxygen atoms in total. The van der Waals surface area contributed by atoms with Crippen LogP contribution in [0.1, 0.15) is 0 Å². The molecule has 0 fully saturated rings. The molecule has 2 heteroatoms. The standard InChI is InChI=1S/C29H18N2/c1-2-8-20-17-21(14-13-19(20)7-1)22-15-16-24-23-9-3-4-10-25(23)29-30-26-11-5-6-12-27(26)31(29)28(24)18-22/h1-18H. The van der Waals surface area contributed by atoms with Crippen LogP contribution in [0, 0.1) is 0 Å². The van der Waals surface area contributed by atoms with Gasteiger partial charge in [-0.15, -0.1) is 0 Å². The molecule has 2 heterocycles. The zero-order chi connectivity index (χ0) is 20.4. The van der Waals surface area contributed by atoms with E-state index in [4.69, 9.17) is 4.98 Å². The second kappa shape index (κ2) is 6.16. The van der Waals surface area contributed by atoms with E-state index < -0.39 is 0 Å². The zero-order valence-electron chi connectivity index (χ0n) is 16.8. The van der Waals surface area contributed by atoms with Crippen molar-refractivity contribution in [1.29, 1.82) is 0 Å². The Bertz CT molecular complexity index is 1790. The molecule has 7 aromatic rings. The Kier molecular flexibility index (Phi) is 3.30. The molecule has 0 bridgehead atoms. The van der Waals surface area contributed by atoms with Crippen LogP contribution in [0.5, 0.6) is 0 Å². The molecule has 0 aliphatic heterocycles. The molecule has 0 aliphatic rings. The topological polar surface area (TPSA) is 17.3 Å². The maximum Gasteiger partial charge on any atom is 0.146 e. The van der Waals surface area contributed by atoms with Gasteiger partial charge in [-0.1, -0.05) is 84.9 Å². The Labute approximate surface area is 179 Å². The van der Waals surface area contributed by atoms with Crippen molar-refractivity contribution in [3.05, 3.63) is 109 Å². The summed E-state index contributed by atoms with van der Waals surface area (Å²) >= 11 is 0. The van der Waals surface area contributed by atoms with E-state index in [2.05, 4.69) is 114 Å². The highest BCUT2D eigenvalue weighted by atomic mass is 15.0. The summed E-state index contributed by atoms with van der Waals surface area (Å²) in [5.41, 5.74) is 6.81. The van der Waals surface area contributed by atoms with Crippen LogP contribution in [0.25, 0.3) is 60.3 Å². The van der Waals surface area contributed by atoms with Gasteiger partial charge in [0.05, 0.1) is 16.6 Å². The van der Waals surface area contributed by atoms with Crippen molar-refractivity contribution < 1.29 is 0 Å². The quantitative estimate of drug-likeness (QED) is 0.262. The molecule has 0 saturated heterocycles. The van der Waals surface area contributed by atoms with Gasteiger partial charge in [-0.2, -0.15) is 0 Å². The molecule has 144 valence electrons. The van der Waals surface area contributed by atoms with Gasteiger partial charge in [0.15, 0.2) is 0 Å². The molecule has 0 unspecified atom stereocenters. The van der Waals surface area contributed by atoms with E-state index in [9.17, 15) is 0 Å². The van der Waals surface area contributed by atoms with Gasteiger partial charge in [0, 0.05) is 10.8 Å². The van der Waals surface area contributed by atoms with Crippen molar-refractivity contribution in [1.82, 2.24) is 9.38 Å². The van der Waals surface area contributed by atoms with Crippen LogP contribution in [-0.2, 0) is 0 Å². The van der Waals surface area contributed by atoms with Gasteiger partial charge >= 0.3 is 0 Å². The first kappa shape index (κ1) is 16.6. The van der Waals surface area contributed by atoms with Crippen molar-refractivity contribution in [2.24, 2.45) is 0 Å². The first-order valence-electron chi connectivity index (χ1n) is 10.6. The number of imidazole rings is 1. The molecule has 7 rings (SSSR count). The minimum Gasteiger partial charge on any atom is -0.292 e. The van der Waals surface area contributed by atoms with E-state index in [0.717, 1.165) is 16.7 Å². The van der Waals surface area contributed by atoms with Crippen molar-refractivity contribution in [3.8, 4) is 11.1 Å². The molecule has 31 heavy (non-hydrogen) atoms. The van der Waals surface area contributed by atoms with Crippen LogP contribution in [-0.4, -0.2) is 9.38 Å². The number of aromatic nitrogens is 2. The summed E-state index contributed by atoms with van der Waals surface area (Å²) in [7, 11) is 0. The first-order valence-corrected chi connectivity index (χ1v) is 10.6. The minimum absolute atomic E-state index is 1.01. The maximum absolute atomic E-state index is 5.00. The Morgan fingerprint density at radius 3 is 2.13 bits per heavy atom. The maximum atomic E-state index is 5.00. The fraction of sp³-hybridized carbons (Fsp3) is 0. The Hall–Kier alpha value is -4.17. The molecule has 0 saturated carbocycles. The van der Waals surface area contributed by atoms with Crippen LogP contribution >= 0.6 is 0 Å². The zero-order valence-corrected chi connectivity index (χ0v) is 16.8. The number of hydrogen-bond acceptors (Lipinski definition) is 1. The van der Waals surface area contributed by atoms with Crippen molar-refractivity contribution >= 4 is 49.1 Å². The minimum atomic E-state index is 1.01. The van der Waals surface area contributed by atoms with E-state index in [0.29, 0.717) is 0 Å². The van der Waals surface area contributed by atoms with Crippen molar-refractivity contribution in [2.45, 2.75) is 0 Å². The van der Waals surface area contributed by atoms with Gasteiger partial charge in [-0.25, -0.2) is 4.98 Å². The summed E-state index contributed by atoms with van der Waals surface area (Å²) < 4.78 is 2.32. The summed E-state index contributed by atoms with van der Waals surface area (Å²) in [6.45, 7) is 0. The lowest BCUT2D eigenvalue weighted by Crippen LogP contribution is -1.92. The number of rotatable bonds is 1. The van der Waals surface area contributed by atoms with E-state index >= 15 is 0 Å². The van der Waals surface area contributed by atoms with Crippen molar-refractivity contribution in [3.63, 3.8) is 0 Å². The molecule has 0 radical (unpaired) electrons. The average molecular weight is 394 g/mol. The third-order valence-electron chi connectivity index (χ3n) is 6.34. The van der Waals surface area contributed by atoms with Gasteiger partial charge < -0.3 is 0 Å². The highest BCUT2D eigenvalue weighted by Crippen LogP contribution is 2.35. The summed E-state index contributed by atoms with van der Waals surface area (Å²) in [5, 5.41) is 6.20. The van der Waals surface area contributed by atoms with Gasteiger partial charge in [0.2, 0.25) is 0 Å². The summed E-state index contributed by atoms with van der Waals surface area (Å²) in [6.07, 6.45) is 0. The predicted octanol–water partition coefficient (Wildman–Crippen LogP) is 7.61. The van der Waals surface area contributed by atoms with Gasteiger partial charge in [0.25, 0.3) is 0 Å². The second-order valence-corrected chi connectivity index (χ2v) is 8.10. The smallest absolute Gasteiger partial charge is 0.146 e. The average Bonchev–Trinajstić information content (AvgIpc) is 3.24. The van der Waals surface area contributed by atoms with E-state index in [-0.39, 0.29) is 0 Å². The van der Waals surface area contributed by atoms with E-state index in [1.807, 2.05) is 0 Å². The summed E-state index contributed by atoms with van der Waals surface area (Å²) in [6, 6.07) is 39.0. The lowest BCUT2D eigenvalue weighted by Gasteiger charge is -2.11. The highest BCUT2D eigenvalue weighted by Gasteiger charge is 2.14. The van der Waals surface area contributed by atoms with E-state index in [1.54, 1.807) is 0 Å². The molecule has 0 N–H and O–H groups in total. The summed E-state index contributed by atoms with van der Waals surface area (Å²) in [4.78, 5) is 5.00. The van der Waals surface area contributed by atoms with Gasteiger partial charge in [-0.3, -0.25) is 4.40 Å². The normalized spacial score (nSPS) is 11.9. The SMILES string of the molecule is c1ccc2cc(-c3ccc4c5ccccc5c5nc6ccccc6n5c4c3)ccc2c1. The molecule has 0 aliphatic carbocycles. The van der Waals surface area contributed by atoms with Crippen molar-refractivity contribution in [2.75, 3.05) is 0 Å². The number of para-hydroxylation sites is 2. The molecular formula is C29H18N2. The molecular weight excluding hydrogens is 376 g/mol. The Morgan fingerprint density at radius 1 is 0.484 bits per heavy atom. The van der Waals surface area contributed by atoms with Crippen LogP contribution in [0.15, 0.2) is 109 Å². The molecule has 2 aromatic heterocycles. The lowest BCUT2D eigenvalue weighted by molar-refractivity contribution is 1.31.